The highest BCUT2D eigenvalue weighted by atomic mass is 16.2. The Morgan fingerprint density at radius 2 is 1.62 bits per heavy atom. The van der Waals surface area contributed by atoms with Gasteiger partial charge in [-0.3, -0.25) is 9.59 Å². The third kappa shape index (κ3) is 2.98. The first kappa shape index (κ1) is 19.6. The lowest BCUT2D eigenvalue weighted by Gasteiger charge is -2.49. The monoisotopic (exact) mass is 427 g/mol. The van der Waals surface area contributed by atoms with Gasteiger partial charge in [-0.1, -0.05) is 55.5 Å². The Hall–Kier alpha value is -3.08. The first-order valence-electron chi connectivity index (χ1n) is 11.9. The van der Waals surface area contributed by atoms with E-state index in [4.69, 9.17) is 0 Å². The van der Waals surface area contributed by atoms with E-state index >= 15 is 0 Å². The van der Waals surface area contributed by atoms with E-state index in [2.05, 4.69) is 36.2 Å². The average Bonchev–Trinajstić information content (AvgIpc) is 3.20. The van der Waals surface area contributed by atoms with E-state index in [0.717, 1.165) is 47.8 Å². The highest BCUT2D eigenvalue weighted by molar-refractivity contribution is 5.97. The van der Waals surface area contributed by atoms with Gasteiger partial charge in [-0.2, -0.15) is 0 Å². The molecule has 32 heavy (non-hydrogen) atoms. The largest absolute Gasteiger partial charge is 0.356 e. The molecule has 3 aromatic rings. The van der Waals surface area contributed by atoms with Gasteiger partial charge in [0.05, 0.1) is 6.04 Å². The van der Waals surface area contributed by atoms with Crippen LogP contribution >= 0.6 is 0 Å². The fraction of sp³-hybridized carbons (Fsp3) is 0.407. The fourth-order valence-corrected chi connectivity index (χ4v) is 6.13. The molecule has 0 bridgehead atoms. The van der Waals surface area contributed by atoms with Crippen LogP contribution < -0.4 is 0 Å². The summed E-state index contributed by atoms with van der Waals surface area (Å²) in [6.07, 6.45) is 4.86. The second-order valence-corrected chi connectivity index (χ2v) is 9.78. The van der Waals surface area contributed by atoms with Gasteiger partial charge in [0.15, 0.2) is 0 Å². The molecule has 1 aliphatic carbocycles. The molecule has 1 N–H and O–H groups in total. The van der Waals surface area contributed by atoms with Crippen LogP contribution in [0.1, 0.15) is 55.5 Å². The number of fused-ring (bicyclic) bond motifs is 4. The zero-order valence-electron chi connectivity index (χ0n) is 18.5. The highest BCUT2D eigenvalue weighted by Gasteiger charge is 2.49. The Kier molecular flexibility index (Phi) is 4.60. The molecule has 2 amide bonds. The van der Waals surface area contributed by atoms with Crippen LogP contribution in [0.15, 0.2) is 54.6 Å². The van der Waals surface area contributed by atoms with Crippen molar-refractivity contribution in [3.05, 3.63) is 71.4 Å². The van der Waals surface area contributed by atoms with Crippen molar-refractivity contribution in [1.29, 1.82) is 0 Å². The minimum Gasteiger partial charge on any atom is -0.356 e. The normalized spacial score (nSPS) is 28.0. The van der Waals surface area contributed by atoms with E-state index in [-0.39, 0.29) is 30.4 Å². The lowest BCUT2D eigenvalue weighted by atomic mass is 9.83. The number of aromatic amines is 1. The first-order valence-corrected chi connectivity index (χ1v) is 11.9. The third-order valence-corrected chi connectivity index (χ3v) is 7.83. The van der Waals surface area contributed by atoms with E-state index in [1.54, 1.807) is 0 Å². The Morgan fingerprint density at radius 1 is 0.906 bits per heavy atom. The number of nitrogens with zero attached hydrogens (tertiary/aromatic N) is 2. The molecule has 1 saturated heterocycles. The Balaban J connectivity index is 1.45. The smallest absolute Gasteiger partial charge is 0.246 e. The topological polar surface area (TPSA) is 56.4 Å². The standard InChI is InChI=1S/C27H29N3O2/c1-17-11-13-19(14-12-17)29-16-24(31)30-23(27(29)32)15-21-20-9-5-6-10-22(20)28-25(21)26(30)18-7-3-2-4-8-18/h2-10,17,19,23,26,28H,11-16H2,1H3. The number of carbonyl (C=O) groups is 2. The number of nitrogens with one attached hydrogen (secondary N) is 1. The molecule has 1 aromatic heterocycles. The number of benzene rings is 2. The Bertz CT molecular complexity index is 1180. The maximum Gasteiger partial charge on any atom is 0.246 e. The summed E-state index contributed by atoms with van der Waals surface area (Å²) in [6.45, 7) is 2.48. The van der Waals surface area contributed by atoms with Crippen molar-refractivity contribution in [2.45, 2.75) is 57.2 Å². The number of amides is 2. The van der Waals surface area contributed by atoms with Gasteiger partial charge in [0, 0.05) is 29.1 Å². The molecule has 1 saturated carbocycles. The van der Waals surface area contributed by atoms with Crippen LogP contribution in [0, 0.1) is 5.92 Å². The fourth-order valence-electron chi connectivity index (χ4n) is 6.13. The lowest BCUT2D eigenvalue weighted by Crippen LogP contribution is -2.65. The molecule has 2 aliphatic heterocycles. The minimum atomic E-state index is -0.437. The molecule has 0 spiro atoms. The van der Waals surface area contributed by atoms with Crippen LogP contribution in [0.5, 0.6) is 0 Å². The van der Waals surface area contributed by atoms with Crippen molar-refractivity contribution < 1.29 is 9.59 Å². The number of H-pyrrole nitrogens is 1. The molecule has 6 rings (SSSR count). The van der Waals surface area contributed by atoms with Crippen LogP contribution in [0.3, 0.4) is 0 Å². The Labute approximate surface area is 188 Å². The van der Waals surface area contributed by atoms with Gasteiger partial charge in [-0.25, -0.2) is 0 Å². The number of hydrogen-bond donors (Lipinski definition) is 1. The van der Waals surface area contributed by atoms with Gasteiger partial charge in [0.25, 0.3) is 0 Å². The maximum atomic E-state index is 13.9. The van der Waals surface area contributed by atoms with E-state index < -0.39 is 6.04 Å². The maximum absolute atomic E-state index is 13.9. The summed E-state index contributed by atoms with van der Waals surface area (Å²) in [7, 11) is 0. The summed E-state index contributed by atoms with van der Waals surface area (Å²) in [5.74, 6) is 0.900. The molecule has 2 atom stereocenters. The van der Waals surface area contributed by atoms with Crippen molar-refractivity contribution in [3.63, 3.8) is 0 Å². The third-order valence-electron chi connectivity index (χ3n) is 7.83. The van der Waals surface area contributed by atoms with E-state index in [1.807, 2.05) is 40.1 Å². The van der Waals surface area contributed by atoms with Gasteiger partial charge in [-0.15, -0.1) is 0 Å². The average molecular weight is 428 g/mol. The number of para-hydroxylation sites is 1. The number of rotatable bonds is 2. The quantitative estimate of drug-likeness (QED) is 0.658. The number of aromatic nitrogens is 1. The second kappa shape index (κ2) is 7.51. The Morgan fingerprint density at radius 3 is 2.41 bits per heavy atom. The van der Waals surface area contributed by atoms with Gasteiger partial charge >= 0.3 is 0 Å². The molecule has 2 fully saturated rings. The molecular weight excluding hydrogens is 398 g/mol. The summed E-state index contributed by atoms with van der Waals surface area (Å²) in [6, 6.07) is 17.9. The van der Waals surface area contributed by atoms with E-state index in [9.17, 15) is 9.59 Å². The van der Waals surface area contributed by atoms with Crippen molar-refractivity contribution in [1.82, 2.24) is 14.8 Å². The zero-order valence-corrected chi connectivity index (χ0v) is 18.5. The molecule has 2 unspecified atom stereocenters. The van der Waals surface area contributed by atoms with Crippen LogP contribution in [0.25, 0.3) is 10.9 Å². The second-order valence-electron chi connectivity index (χ2n) is 9.78. The van der Waals surface area contributed by atoms with Gasteiger partial charge in [0.1, 0.15) is 12.6 Å². The molecule has 3 heterocycles. The molecule has 164 valence electrons. The first-order chi connectivity index (χ1) is 15.6. The summed E-state index contributed by atoms with van der Waals surface area (Å²) < 4.78 is 0. The molecule has 2 aromatic carbocycles. The number of carbonyl (C=O) groups excluding carboxylic acids is 2. The van der Waals surface area contributed by atoms with Crippen molar-refractivity contribution >= 4 is 22.7 Å². The summed E-state index contributed by atoms with van der Waals surface area (Å²) in [5, 5.41) is 1.16. The summed E-state index contributed by atoms with van der Waals surface area (Å²) in [4.78, 5) is 34.9. The van der Waals surface area contributed by atoms with Crippen LogP contribution in [-0.4, -0.2) is 45.2 Å². The number of hydrogen-bond acceptors (Lipinski definition) is 2. The highest BCUT2D eigenvalue weighted by Crippen LogP contribution is 2.43. The minimum absolute atomic E-state index is 0.0615. The molecule has 5 heteroatoms. The van der Waals surface area contributed by atoms with E-state index in [0.29, 0.717) is 12.3 Å². The van der Waals surface area contributed by atoms with Crippen molar-refractivity contribution in [3.8, 4) is 0 Å². The van der Waals surface area contributed by atoms with Crippen LogP contribution in [0.4, 0.5) is 0 Å². The summed E-state index contributed by atoms with van der Waals surface area (Å²) in [5.41, 5.74) is 4.34. The zero-order chi connectivity index (χ0) is 21.8. The van der Waals surface area contributed by atoms with Crippen molar-refractivity contribution in [2.75, 3.05) is 6.54 Å². The summed E-state index contributed by atoms with van der Waals surface area (Å²) >= 11 is 0. The van der Waals surface area contributed by atoms with Gasteiger partial charge < -0.3 is 14.8 Å². The predicted octanol–water partition coefficient (Wildman–Crippen LogP) is 4.43. The van der Waals surface area contributed by atoms with Crippen molar-refractivity contribution in [2.24, 2.45) is 5.92 Å². The van der Waals surface area contributed by atoms with Gasteiger partial charge in [-0.05, 0) is 48.8 Å². The predicted molar refractivity (Wildman–Crippen MR) is 124 cm³/mol. The van der Waals surface area contributed by atoms with Gasteiger partial charge in [0.2, 0.25) is 11.8 Å². The lowest BCUT2D eigenvalue weighted by molar-refractivity contribution is -0.161. The molecule has 3 aliphatic rings. The molecular formula is C27H29N3O2. The van der Waals surface area contributed by atoms with Crippen LogP contribution in [-0.2, 0) is 16.0 Å². The van der Waals surface area contributed by atoms with Crippen LogP contribution in [0.2, 0.25) is 0 Å². The number of piperazine rings is 1. The molecule has 5 nitrogen and oxygen atoms in total. The van der Waals surface area contributed by atoms with E-state index in [1.165, 1.54) is 5.56 Å². The SMILES string of the molecule is CC1CCC(N2CC(=O)N3C(Cc4c([nH]c5ccccc45)C3c3ccccc3)C2=O)CC1. The molecule has 0 radical (unpaired) electrons.